The van der Waals surface area contributed by atoms with Crippen LogP contribution in [0.4, 0.5) is 22.7 Å². The van der Waals surface area contributed by atoms with Gasteiger partial charge in [0.2, 0.25) is 0 Å². The fourth-order valence-corrected chi connectivity index (χ4v) is 1.53. The molecule has 94 valence electrons. The van der Waals surface area contributed by atoms with Crippen LogP contribution in [-0.2, 0) is 0 Å². The first kappa shape index (κ1) is 12.2. The molecule has 2 rings (SSSR count). The number of rotatable bonds is 4. The number of nitrogens with zero attached hydrogens (tertiary/aromatic N) is 1. The fraction of sp³-hybridized carbons (Fsp3) is 0. The van der Waals surface area contributed by atoms with Gasteiger partial charge in [0, 0.05) is 17.1 Å². The Morgan fingerprint density at radius 1 is 0.722 bits per heavy atom. The number of benzene rings is 2. The minimum absolute atomic E-state index is 0.739. The molecule has 0 bridgehead atoms. The Bertz CT molecular complexity index is 491. The summed E-state index contributed by atoms with van der Waals surface area (Å²) in [5.41, 5.74) is 6.10. The van der Waals surface area contributed by atoms with Crippen molar-refractivity contribution < 1.29 is 0 Å². The molecule has 0 aliphatic heterocycles. The second-order valence-corrected chi connectivity index (χ2v) is 3.80. The van der Waals surface area contributed by atoms with E-state index in [1.165, 1.54) is 0 Å². The molecule has 0 saturated carbocycles. The third-order valence-electron chi connectivity index (χ3n) is 2.51. The largest absolute Gasteiger partial charge is 0.356 e. The van der Waals surface area contributed by atoms with Crippen LogP contribution in [0.2, 0.25) is 0 Å². The normalized spacial score (nSPS) is 9.94. The van der Waals surface area contributed by atoms with Crippen molar-refractivity contribution in [3.8, 4) is 0 Å². The highest BCUT2D eigenvalue weighted by Gasteiger charge is 1.98. The van der Waals surface area contributed by atoms with E-state index in [9.17, 15) is 0 Å². The van der Waals surface area contributed by atoms with E-state index in [2.05, 4.69) is 10.7 Å². The smallest absolute Gasteiger partial charge is 0.0698 e. The molecule has 8 N–H and O–H groups in total. The summed E-state index contributed by atoms with van der Waals surface area (Å²) >= 11 is 0. The summed E-state index contributed by atoms with van der Waals surface area (Å²) in [4.78, 5) is 0. The van der Waals surface area contributed by atoms with Crippen LogP contribution < -0.4 is 33.4 Å². The number of hydrogen-bond acceptors (Lipinski definition) is 6. The zero-order valence-corrected chi connectivity index (χ0v) is 9.80. The minimum Gasteiger partial charge on any atom is -0.356 e. The van der Waals surface area contributed by atoms with Crippen LogP contribution in [0, 0.1) is 0 Å². The highest BCUT2D eigenvalue weighted by atomic mass is 15.6. The van der Waals surface area contributed by atoms with Crippen LogP contribution in [0.1, 0.15) is 0 Å². The van der Waals surface area contributed by atoms with Crippen molar-refractivity contribution in [3.05, 3.63) is 48.5 Å². The lowest BCUT2D eigenvalue weighted by molar-refractivity contribution is 0.925. The molecule has 6 nitrogen and oxygen atoms in total. The van der Waals surface area contributed by atoms with E-state index in [1.54, 1.807) is 0 Å². The first-order chi connectivity index (χ1) is 8.69. The average molecular weight is 244 g/mol. The van der Waals surface area contributed by atoms with Crippen LogP contribution >= 0.6 is 0 Å². The number of anilines is 4. The molecule has 0 amide bonds. The number of hydrogen-bond donors (Lipinski definition) is 5. The quantitative estimate of drug-likeness (QED) is 0.410. The summed E-state index contributed by atoms with van der Waals surface area (Å²) in [6.07, 6.45) is 0. The molecular weight excluding hydrogens is 228 g/mol. The highest BCUT2D eigenvalue weighted by Crippen LogP contribution is 2.20. The maximum Gasteiger partial charge on any atom is 0.0698 e. The van der Waals surface area contributed by atoms with E-state index in [1.807, 2.05) is 48.5 Å². The Morgan fingerprint density at radius 3 is 1.61 bits per heavy atom. The van der Waals surface area contributed by atoms with Gasteiger partial charge >= 0.3 is 0 Å². The Balaban J connectivity index is 2.08. The molecule has 0 saturated heterocycles. The third kappa shape index (κ3) is 2.89. The summed E-state index contributed by atoms with van der Waals surface area (Å²) in [5.74, 6) is 16.1. The van der Waals surface area contributed by atoms with Crippen molar-refractivity contribution >= 4 is 22.7 Å². The van der Waals surface area contributed by atoms with Crippen LogP contribution in [0.15, 0.2) is 48.5 Å². The summed E-state index contributed by atoms with van der Waals surface area (Å²) < 4.78 is 0. The highest BCUT2D eigenvalue weighted by molar-refractivity contribution is 5.64. The van der Waals surface area contributed by atoms with Crippen molar-refractivity contribution in [2.45, 2.75) is 0 Å². The number of nitrogens with two attached hydrogens (primary N) is 3. The zero-order chi connectivity index (χ0) is 13.0. The summed E-state index contributed by atoms with van der Waals surface area (Å²) in [6.45, 7) is 0. The van der Waals surface area contributed by atoms with Crippen molar-refractivity contribution in [2.24, 2.45) is 17.5 Å². The summed E-state index contributed by atoms with van der Waals surface area (Å²) in [7, 11) is 0. The Labute approximate surface area is 105 Å². The predicted octanol–water partition coefficient (Wildman–Crippen LogP) is 1.27. The molecular formula is C12H16N6. The number of nitrogen functional groups attached to an aromatic ring is 1. The van der Waals surface area contributed by atoms with Crippen LogP contribution in [0.25, 0.3) is 0 Å². The number of hydrazine groups is 3. The first-order valence-electron chi connectivity index (χ1n) is 5.42. The van der Waals surface area contributed by atoms with Gasteiger partial charge in [0.05, 0.1) is 5.69 Å². The molecule has 0 aromatic heterocycles. The van der Waals surface area contributed by atoms with Gasteiger partial charge in [0.1, 0.15) is 0 Å². The monoisotopic (exact) mass is 244 g/mol. The lowest BCUT2D eigenvalue weighted by Gasteiger charge is -2.12. The second-order valence-electron chi connectivity index (χ2n) is 3.80. The van der Waals surface area contributed by atoms with Crippen molar-refractivity contribution in [2.75, 3.05) is 15.9 Å². The van der Waals surface area contributed by atoms with Gasteiger partial charge in [-0.15, -0.1) is 0 Å². The maximum atomic E-state index is 5.42. The van der Waals surface area contributed by atoms with Crippen LogP contribution in [0.3, 0.4) is 0 Å². The van der Waals surface area contributed by atoms with Crippen molar-refractivity contribution in [1.29, 1.82) is 0 Å². The van der Waals surface area contributed by atoms with Gasteiger partial charge < -0.3 is 10.7 Å². The molecule has 6 heteroatoms. The SMILES string of the molecule is NNc1ccc(Nc2ccc(N(N)N)cc2)cc1. The Morgan fingerprint density at radius 2 is 1.17 bits per heavy atom. The molecule has 18 heavy (non-hydrogen) atoms. The molecule has 0 atom stereocenters. The molecule has 0 aliphatic rings. The minimum atomic E-state index is 0.739. The van der Waals surface area contributed by atoms with Crippen LogP contribution in [-0.4, -0.2) is 0 Å². The fourth-order valence-electron chi connectivity index (χ4n) is 1.53. The van der Waals surface area contributed by atoms with E-state index in [-0.39, 0.29) is 0 Å². The Kier molecular flexibility index (Phi) is 3.63. The third-order valence-corrected chi connectivity index (χ3v) is 2.51. The van der Waals surface area contributed by atoms with Gasteiger partial charge in [0.25, 0.3) is 0 Å². The van der Waals surface area contributed by atoms with E-state index >= 15 is 0 Å². The standard InChI is InChI=1S/C12H16N6/c13-17-11-3-1-9(2-4-11)16-10-5-7-12(8-6-10)18(14)15/h1-8,16-17H,13-15H2. The molecule has 0 unspecified atom stereocenters. The topological polar surface area (TPSA) is 105 Å². The summed E-state index contributed by atoms with van der Waals surface area (Å²) in [5, 5.41) is 4.33. The molecule has 0 fully saturated rings. The zero-order valence-electron chi connectivity index (χ0n) is 9.80. The van der Waals surface area contributed by atoms with Gasteiger partial charge in [-0.2, -0.15) is 0 Å². The lowest BCUT2D eigenvalue weighted by atomic mass is 10.2. The van der Waals surface area contributed by atoms with Crippen molar-refractivity contribution in [3.63, 3.8) is 0 Å². The second kappa shape index (κ2) is 5.37. The van der Waals surface area contributed by atoms with Gasteiger partial charge in [-0.1, -0.05) is 0 Å². The van der Waals surface area contributed by atoms with E-state index in [0.717, 1.165) is 27.9 Å². The molecule has 0 radical (unpaired) electrons. The van der Waals surface area contributed by atoms with Crippen LogP contribution in [0.5, 0.6) is 0 Å². The summed E-state index contributed by atoms with van der Waals surface area (Å²) in [6, 6.07) is 15.1. The average Bonchev–Trinajstić information content (AvgIpc) is 2.40. The molecule has 0 spiro atoms. The van der Waals surface area contributed by atoms with Gasteiger partial charge in [0.15, 0.2) is 0 Å². The maximum absolute atomic E-state index is 5.42. The van der Waals surface area contributed by atoms with Gasteiger partial charge in [-0.05, 0) is 48.5 Å². The van der Waals surface area contributed by atoms with E-state index in [0.29, 0.717) is 0 Å². The molecule has 2 aromatic rings. The van der Waals surface area contributed by atoms with E-state index < -0.39 is 0 Å². The van der Waals surface area contributed by atoms with Crippen molar-refractivity contribution in [1.82, 2.24) is 0 Å². The predicted molar refractivity (Wildman–Crippen MR) is 74.8 cm³/mol. The van der Waals surface area contributed by atoms with Gasteiger partial charge in [-0.3, -0.25) is 5.84 Å². The Hall–Kier alpha value is -2.28. The first-order valence-corrected chi connectivity index (χ1v) is 5.42. The molecule has 0 aliphatic carbocycles. The van der Waals surface area contributed by atoms with E-state index in [4.69, 9.17) is 17.5 Å². The molecule has 2 aromatic carbocycles. The van der Waals surface area contributed by atoms with Gasteiger partial charge in [-0.25, -0.2) is 16.8 Å². The number of nitrogens with one attached hydrogen (secondary N) is 2. The molecule has 0 heterocycles. The lowest BCUT2D eigenvalue weighted by Crippen LogP contribution is -2.37.